The van der Waals surface area contributed by atoms with E-state index in [1.165, 1.54) is 120 Å². The van der Waals surface area contributed by atoms with Crippen LogP contribution in [0.2, 0.25) is 0 Å². The predicted molar refractivity (Wildman–Crippen MR) is 321 cm³/mol. The molecule has 0 atom stereocenters. The van der Waals surface area contributed by atoms with Gasteiger partial charge in [0.2, 0.25) is 0 Å². The molecule has 3 nitrogen and oxygen atoms in total. The van der Waals surface area contributed by atoms with Gasteiger partial charge in [0.1, 0.15) is 11.2 Å². The lowest BCUT2D eigenvalue weighted by Crippen LogP contribution is -2.41. The number of anilines is 5. The standard InChI is InChI=1S/C70H49BN2OS/c1-69(2)56-23-13-10-20-46(56)49-34-45(30-31-58(49)69)73-62-37-50-47-21-11-14-24-57(47)70(3,4)59(50)38-60(62)71-66-54(36-55-48-22-12-15-25-65(48)75-68(55)67(66)73)51-35-53-52-32-42-18-8-9-19-43(42)33-63(52)74-64(53)39-61(51)72-44-28-26-41(27-29-44)40-16-6-5-7-17-40/h5-39,71-72H,1-4H3. The molecule has 13 aromatic rings. The van der Waals surface area contributed by atoms with Crippen LogP contribution in [0.4, 0.5) is 28.4 Å². The Balaban J connectivity index is 0.998. The third kappa shape index (κ3) is 6.16. The molecule has 16 rings (SSSR count). The SMILES string of the molecule is CC1(C)c2ccccc2-c2cc(N3c4cc5c(cc4Bc4c(-c6cc7c(cc6Nc6ccc(-c8ccccc8)cc6)oc6cc8ccccc8cc67)cc6c(sc7ccccc76)c43)C(C)(C)c3ccccc3-5)ccc21. The van der Waals surface area contributed by atoms with Crippen molar-refractivity contribution in [1.29, 1.82) is 0 Å². The van der Waals surface area contributed by atoms with Crippen molar-refractivity contribution in [3.8, 4) is 44.5 Å². The Bertz CT molecular complexity index is 4600. The van der Waals surface area contributed by atoms with Crippen LogP contribution in [0.25, 0.3) is 97.4 Å². The molecule has 2 aliphatic carbocycles. The molecule has 0 spiro atoms. The van der Waals surface area contributed by atoms with Gasteiger partial charge in [-0.3, -0.25) is 0 Å². The summed E-state index contributed by atoms with van der Waals surface area (Å²) in [5, 5.41) is 11.1. The fourth-order valence-electron chi connectivity index (χ4n) is 13.5. The van der Waals surface area contributed by atoms with Crippen molar-refractivity contribution in [2.24, 2.45) is 0 Å². The third-order valence-electron chi connectivity index (χ3n) is 17.2. The number of thiophene rings is 1. The molecule has 0 saturated heterocycles. The second kappa shape index (κ2) is 15.5. The lowest BCUT2D eigenvalue weighted by molar-refractivity contribution is 0.660. The minimum atomic E-state index is -0.155. The minimum Gasteiger partial charge on any atom is -0.456 e. The molecule has 3 aliphatic rings. The van der Waals surface area contributed by atoms with E-state index in [1.54, 1.807) is 0 Å². The van der Waals surface area contributed by atoms with Crippen LogP contribution in [-0.4, -0.2) is 7.28 Å². The zero-order chi connectivity index (χ0) is 49.9. The molecule has 0 fully saturated rings. The quantitative estimate of drug-likeness (QED) is 0.174. The Morgan fingerprint density at radius 1 is 0.453 bits per heavy atom. The van der Waals surface area contributed by atoms with Gasteiger partial charge in [0.15, 0.2) is 7.28 Å². The monoisotopic (exact) mass is 976 g/mol. The Morgan fingerprint density at radius 2 is 1.07 bits per heavy atom. The normalized spacial score (nSPS) is 14.4. The summed E-state index contributed by atoms with van der Waals surface area (Å²) in [6, 6.07) is 79.3. The van der Waals surface area contributed by atoms with Crippen molar-refractivity contribution >= 4 is 111 Å². The summed E-state index contributed by atoms with van der Waals surface area (Å²) < 4.78 is 9.46. The fraction of sp³-hybridized carbons (Fsp3) is 0.0857. The second-order valence-corrected chi connectivity index (χ2v) is 23.1. The minimum absolute atomic E-state index is 0.113. The maximum Gasteiger partial charge on any atom is 0.198 e. The van der Waals surface area contributed by atoms with Gasteiger partial charge < -0.3 is 14.6 Å². The number of nitrogens with one attached hydrogen (secondary N) is 1. The van der Waals surface area contributed by atoms with Crippen molar-refractivity contribution in [3.63, 3.8) is 0 Å². The zero-order valence-electron chi connectivity index (χ0n) is 42.2. The largest absolute Gasteiger partial charge is 0.456 e. The summed E-state index contributed by atoms with van der Waals surface area (Å²) in [6.45, 7) is 9.57. The van der Waals surface area contributed by atoms with Crippen LogP contribution in [0.3, 0.4) is 0 Å². The summed E-state index contributed by atoms with van der Waals surface area (Å²) in [4.78, 5) is 2.66. The van der Waals surface area contributed by atoms with Gasteiger partial charge in [0, 0.05) is 65.8 Å². The van der Waals surface area contributed by atoms with Crippen molar-refractivity contribution in [2.75, 3.05) is 10.2 Å². The van der Waals surface area contributed by atoms with E-state index in [2.05, 4.69) is 250 Å². The number of furan rings is 1. The van der Waals surface area contributed by atoms with Crippen molar-refractivity contribution in [2.45, 2.75) is 38.5 Å². The molecule has 2 aromatic heterocycles. The molecule has 0 unspecified atom stereocenters. The molecular formula is C70H49BN2OS. The number of hydrogen-bond acceptors (Lipinski definition) is 4. The second-order valence-electron chi connectivity index (χ2n) is 22.1. The fourth-order valence-corrected chi connectivity index (χ4v) is 14.7. The van der Waals surface area contributed by atoms with E-state index < -0.39 is 0 Å². The molecule has 0 radical (unpaired) electrons. The Kier molecular flexibility index (Phi) is 8.83. The van der Waals surface area contributed by atoms with E-state index in [0.29, 0.717) is 0 Å². The lowest BCUT2D eigenvalue weighted by Gasteiger charge is -2.37. The average Bonchev–Trinajstić information content (AvgIpc) is 4.13. The van der Waals surface area contributed by atoms with Crippen LogP contribution in [0.15, 0.2) is 217 Å². The summed E-state index contributed by atoms with van der Waals surface area (Å²) in [6.07, 6.45) is 0. The van der Waals surface area contributed by atoms with E-state index >= 15 is 0 Å². The summed E-state index contributed by atoms with van der Waals surface area (Å²) in [7, 11) is 0.765. The molecule has 354 valence electrons. The predicted octanol–water partition coefficient (Wildman–Crippen LogP) is 18.0. The van der Waals surface area contributed by atoms with Crippen LogP contribution >= 0.6 is 11.3 Å². The summed E-state index contributed by atoms with van der Waals surface area (Å²) in [5.74, 6) is 0. The van der Waals surface area contributed by atoms with Crippen molar-refractivity contribution < 1.29 is 4.42 Å². The van der Waals surface area contributed by atoms with E-state index in [4.69, 9.17) is 4.42 Å². The Morgan fingerprint density at radius 3 is 1.85 bits per heavy atom. The number of nitrogens with zero attached hydrogens (tertiary/aromatic N) is 1. The van der Waals surface area contributed by atoms with E-state index in [1.807, 2.05) is 11.3 Å². The zero-order valence-corrected chi connectivity index (χ0v) is 43.0. The van der Waals surface area contributed by atoms with E-state index in [-0.39, 0.29) is 10.8 Å². The van der Waals surface area contributed by atoms with Crippen LogP contribution in [0.5, 0.6) is 0 Å². The number of hydrogen-bond donors (Lipinski definition) is 1. The van der Waals surface area contributed by atoms with Crippen LogP contribution in [0, 0.1) is 0 Å². The molecule has 1 N–H and O–H groups in total. The van der Waals surface area contributed by atoms with Crippen LogP contribution in [-0.2, 0) is 10.8 Å². The van der Waals surface area contributed by atoms with Crippen molar-refractivity contribution in [3.05, 3.63) is 235 Å². The van der Waals surface area contributed by atoms with Gasteiger partial charge in [-0.1, -0.05) is 179 Å². The first-order valence-corrected chi connectivity index (χ1v) is 27.1. The van der Waals surface area contributed by atoms with Gasteiger partial charge in [-0.05, 0) is 138 Å². The summed E-state index contributed by atoms with van der Waals surface area (Å²) in [5.41, 5.74) is 25.4. The first-order valence-electron chi connectivity index (χ1n) is 26.3. The Hall–Kier alpha value is -8.64. The van der Waals surface area contributed by atoms with Gasteiger partial charge in [-0.25, -0.2) is 0 Å². The van der Waals surface area contributed by atoms with Crippen molar-refractivity contribution in [1.82, 2.24) is 0 Å². The van der Waals surface area contributed by atoms with E-state index in [0.717, 1.165) is 46.2 Å². The van der Waals surface area contributed by atoms with Crippen LogP contribution < -0.4 is 21.1 Å². The van der Waals surface area contributed by atoms with Gasteiger partial charge in [0.25, 0.3) is 0 Å². The number of benzene rings is 11. The molecule has 11 aromatic carbocycles. The highest BCUT2D eigenvalue weighted by molar-refractivity contribution is 7.26. The number of rotatable bonds is 5. The first-order chi connectivity index (χ1) is 36.7. The molecular weight excluding hydrogens is 928 g/mol. The molecule has 3 heterocycles. The smallest absolute Gasteiger partial charge is 0.198 e. The van der Waals surface area contributed by atoms with Gasteiger partial charge in [-0.2, -0.15) is 0 Å². The maximum atomic E-state index is 6.87. The highest BCUT2D eigenvalue weighted by Crippen LogP contribution is 2.55. The molecule has 75 heavy (non-hydrogen) atoms. The van der Waals surface area contributed by atoms with Gasteiger partial charge in [0.05, 0.1) is 16.1 Å². The topological polar surface area (TPSA) is 28.4 Å². The van der Waals surface area contributed by atoms with Crippen LogP contribution in [0.1, 0.15) is 49.9 Å². The Labute approximate surface area is 440 Å². The van der Waals surface area contributed by atoms with E-state index in [9.17, 15) is 0 Å². The molecule has 0 amide bonds. The van der Waals surface area contributed by atoms with Gasteiger partial charge >= 0.3 is 0 Å². The highest BCUT2D eigenvalue weighted by atomic mass is 32.1. The average molecular weight is 977 g/mol. The number of fused-ring (bicyclic) bond motifs is 16. The molecule has 0 saturated carbocycles. The first kappa shape index (κ1) is 42.8. The molecule has 0 bridgehead atoms. The lowest BCUT2D eigenvalue weighted by atomic mass is 9.57. The highest BCUT2D eigenvalue weighted by Gasteiger charge is 2.41. The maximum absolute atomic E-state index is 6.87. The molecule has 1 aliphatic heterocycles. The third-order valence-corrected chi connectivity index (χ3v) is 18.4. The van der Waals surface area contributed by atoms with Gasteiger partial charge in [-0.15, -0.1) is 11.3 Å². The molecule has 5 heteroatoms. The summed E-state index contributed by atoms with van der Waals surface area (Å²) >= 11 is 1.92.